The van der Waals surface area contributed by atoms with Gasteiger partial charge in [-0.15, -0.1) is 0 Å². The van der Waals surface area contributed by atoms with Crippen molar-refractivity contribution in [1.82, 2.24) is 0 Å². The molecule has 3 nitrogen and oxygen atoms in total. The van der Waals surface area contributed by atoms with Crippen LogP contribution in [0.3, 0.4) is 0 Å². The molecule has 0 fully saturated rings. The van der Waals surface area contributed by atoms with E-state index in [9.17, 15) is 4.21 Å². The largest absolute Gasteiger partial charge is 0.267 e. The second-order valence-corrected chi connectivity index (χ2v) is 9.89. The summed E-state index contributed by atoms with van der Waals surface area (Å²) >= 11 is 1.75. The average molecular weight is 461 g/mol. The molecule has 6 rings (SSSR count). The van der Waals surface area contributed by atoms with E-state index in [1.54, 1.807) is 11.8 Å². The number of rotatable bonds is 0. The maximum Gasteiger partial charge on any atom is 0.0892 e. The lowest BCUT2D eigenvalue weighted by Crippen LogP contribution is -2.18. The summed E-state index contributed by atoms with van der Waals surface area (Å²) in [6, 6.07) is 38.3. The zero-order valence-corrected chi connectivity index (χ0v) is 19.0. The third kappa shape index (κ3) is 3.39. The summed E-state index contributed by atoms with van der Waals surface area (Å²) in [5, 5.41) is 0. The van der Waals surface area contributed by atoms with Crippen LogP contribution in [0.1, 0.15) is 0 Å². The van der Waals surface area contributed by atoms with Gasteiger partial charge in [0.2, 0.25) is 0 Å². The molecule has 0 saturated carbocycles. The highest BCUT2D eigenvalue weighted by molar-refractivity contribution is 7.99. The highest BCUT2D eigenvalue weighted by Crippen LogP contribution is 2.47. The zero-order chi connectivity index (χ0) is 22.2. The van der Waals surface area contributed by atoms with Gasteiger partial charge in [0.15, 0.2) is 0 Å². The fourth-order valence-corrected chi connectivity index (χ4v) is 6.36. The Kier molecular flexibility index (Phi) is 4.92. The lowest BCUT2D eigenvalue weighted by molar-refractivity contribution is 0.682. The maximum absolute atomic E-state index is 13.0. The zero-order valence-electron chi connectivity index (χ0n) is 17.4. The Morgan fingerprint density at radius 3 is 1.45 bits per heavy atom. The molecule has 0 aliphatic carbocycles. The molecule has 0 unspecified atom stereocenters. The summed E-state index contributed by atoms with van der Waals surface area (Å²) < 4.78 is 13.0. The minimum Gasteiger partial charge on any atom is -0.267 e. The smallest absolute Gasteiger partial charge is 0.0892 e. The molecule has 0 amide bonds. The molecule has 5 heteroatoms. The summed E-state index contributed by atoms with van der Waals surface area (Å²) in [5.41, 5.74) is 3.77. The van der Waals surface area contributed by atoms with Crippen LogP contribution in [0.5, 0.6) is 0 Å². The Bertz CT molecular complexity index is 1460. The first-order valence-corrected chi connectivity index (χ1v) is 12.4. The Morgan fingerprint density at radius 1 is 0.545 bits per heavy atom. The van der Waals surface area contributed by atoms with Gasteiger partial charge in [0.05, 0.1) is 43.3 Å². The lowest BCUT2D eigenvalue weighted by Gasteiger charge is -2.27. The van der Waals surface area contributed by atoms with Crippen molar-refractivity contribution in [3.8, 4) is 23.9 Å². The van der Waals surface area contributed by atoms with Gasteiger partial charge in [0.1, 0.15) is 0 Å². The summed E-state index contributed by atoms with van der Waals surface area (Å²) in [7, 11) is -1.23. The molecule has 4 aromatic rings. The van der Waals surface area contributed by atoms with Crippen molar-refractivity contribution in [2.45, 2.75) is 19.6 Å². The van der Waals surface area contributed by atoms with Gasteiger partial charge < -0.3 is 0 Å². The van der Waals surface area contributed by atoms with Gasteiger partial charge in [-0.05, 0) is 48.5 Å². The minimum absolute atomic E-state index is 0.759. The van der Waals surface area contributed by atoms with Crippen LogP contribution in [0, 0.1) is 23.9 Å². The van der Waals surface area contributed by atoms with Crippen molar-refractivity contribution in [3.05, 3.63) is 97.1 Å². The number of nitrogens with zero attached hydrogens (tertiary/aromatic N) is 2. The summed E-state index contributed by atoms with van der Waals surface area (Å²) in [6.45, 7) is 0. The standard InChI is InChI=1S/C28H16N2OS2/c31-33-27-17-7-3-13-23(27)30(24-14-4-8-18-28(24)33)20-10-9-19-29-21-11-1-5-15-25(21)32-26-16-6-2-12-22(26)29/h1-8,11-18H. The van der Waals surface area contributed by atoms with E-state index < -0.39 is 10.8 Å². The number of hydrogen-bond donors (Lipinski definition) is 0. The molecule has 4 aromatic carbocycles. The van der Waals surface area contributed by atoms with Crippen molar-refractivity contribution in [2.75, 3.05) is 9.80 Å². The molecule has 2 aliphatic heterocycles. The maximum atomic E-state index is 13.0. The number of anilines is 4. The fraction of sp³-hybridized carbons (Fsp3) is 0. The normalized spacial score (nSPS) is 13.3. The van der Waals surface area contributed by atoms with Gasteiger partial charge in [-0.1, -0.05) is 60.3 Å². The molecule has 0 saturated heterocycles. The Labute approximate surface area is 199 Å². The summed E-state index contributed by atoms with van der Waals surface area (Å²) in [5.74, 6) is 6.07. The Balaban J connectivity index is 1.41. The second kappa shape index (κ2) is 8.22. The molecule has 0 N–H and O–H groups in total. The summed E-state index contributed by atoms with van der Waals surface area (Å²) in [6.07, 6.45) is 0. The predicted molar refractivity (Wildman–Crippen MR) is 134 cm³/mol. The molecule has 33 heavy (non-hydrogen) atoms. The van der Waals surface area contributed by atoms with Crippen LogP contribution in [-0.4, -0.2) is 4.21 Å². The molecular formula is C28H16N2OS2. The van der Waals surface area contributed by atoms with Crippen LogP contribution in [0.25, 0.3) is 0 Å². The van der Waals surface area contributed by atoms with E-state index >= 15 is 0 Å². The molecule has 0 bridgehead atoms. The number of hydrogen-bond acceptors (Lipinski definition) is 4. The highest BCUT2D eigenvalue weighted by atomic mass is 32.2. The highest BCUT2D eigenvalue weighted by Gasteiger charge is 2.26. The van der Waals surface area contributed by atoms with Gasteiger partial charge in [-0.3, -0.25) is 9.80 Å². The third-order valence-electron chi connectivity index (χ3n) is 5.44. The first kappa shape index (κ1) is 19.8. The van der Waals surface area contributed by atoms with Crippen LogP contribution in [0.2, 0.25) is 0 Å². The third-order valence-corrected chi connectivity index (χ3v) is 8.06. The van der Waals surface area contributed by atoms with Crippen LogP contribution >= 0.6 is 11.8 Å². The number of para-hydroxylation sites is 4. The van der Waals surface area contributed by atoms with E-state index in [1.807, 2.05) is 82.6 Å². The molecule has 2 heterocycles. The lowest BCUT2D eigenvalue weighted by atomic mass is 10.2. The van der Waals surface area contributed by atoms with Gasteiger partial charge in [0, 0.05) is 33.7 Å². The first-order chi connectivity index (χ1) is 16.3. The van der Waals surface area contributed by atoms with E-state index in [0.717, 1.165) is 32.5 Å². The van der Waals surface area contributed by atoms with Crippen molar-refractivity contribution in [3.63, 3.8) is 0 Å². The molecule has 0 radical (unpaired) electrons. The van der Waals surface area contributed by atoms with Gasteiger partial charge in [-0.25, -0.2) is 4.21 Å². The van der Waals surface area contributed by atoms with Crippen molar-refractivity contribution in [2.24, 2.45) is 0 Å². The topological polar surface area (TPSA) is 23.6 Å². The Morgan fingerprint density at radius 2 is 0.939 bits per heavy atom. The van der Waals surface area contributed by atoms with Gasteiger partial charge in [-0.2, -0.15) is 0 Å². The van der Waals surface area contributed by atoms with Crippen molar-refractivity contribution >= 4 is 45.3 Å². The van der Waals surface area contributed by atoms with Crippen LogP contribution < -0.4 is 9.80 Å². The van der Waals surface area contributed by atoms with Crippen molar-refractivity contribution < 1.29 is 4.21 Å². The SMILES string of the molecule is O=S1c2ccccc2N(C#CC#CN2c3ccccc3Sc3ccccc32)c2ccccc21. The van der Waals surface area contributed by atoms with E-state index in [0.29, 0.717) is 0 Å². The average Bonchev–Trinajstić information content (AvgIpc) is 2.87. The molecule has 0 atom stereocenters. The molecule has 0 spiro atoms. The molecule has 2 aliphatic rings. The van der Waals surface area contributed by atoms with E-state index in [1.165, 1.54) is 9.79 Å². The fourth-order valence-electron chi connectivity index (χ4n) is 3.96. The number of fused-ring (bicyclic) bond motifs is 4. The quantitative estimate of drug-likeness (QED) is 0.278. The van der Waals surface area contributed by atoms with Crippen molar-refractivity contribution in [1.29, 1.82) is 0 Å². The van der Waals surface area contributed by atoms with Crippen LogP contribution in [-0.2, 0) is 10.8 Å². The van der Waals surface area contributed by atoms with E-state index in [2.05, 4.69) is 48.2 Å². The van der Waals surface area contributed by atoms with Crippen LogP contribution in [0.15, 0.2) is 117 Å². The summed E-state index contributed by atoms with van der Waals surface area (Å²) in [4.78, 5) is 7.74. The van der Waals surface area contributed by atoms with E-state index in [-0.39, 0.29) is 0 Å². The first-order valence-electron chi connectivity index (χ1n) is 10.4. The van der Waals surface area contributed by atoms with Gasteiger partial charge in [0.25, 0.3) is 0 Å². The van der Waals surface area contributed by atoms with E-state index in [4.69, 9.17) is 0 Å². The van der Waals surface area contributed by atoms with Crippen LogP contribution in [0.4, 0.5) is 22.7 Å². The monoisotopic (exact) mass is 460 g/mol. The molecular weight excluding hydrogens is 444 g/mol. The molecule has 0 aromatic heterocycles. The van der Waals surface area contributed by atoms with Gasteiger partial charge >= 0.3 is 0 Å². The molecule has 156 valence electrons. The predicted octanol–water partition coefficient (Wildman–Crippen LogP) is 6.53. The second-order valence-electron chi connectivity index (χ2n) is 7.39. The Hall–Kier alpha value is -3.90. The minimum atomic E-state index is -1.23. The number of benzene rings is 4.